The van der Waals surface area contributed by atoms with Crippen molar-refractivity contribution in [3.63, 3.8) is 0 Å². The second kappa shape index (κ2) is 5.67. The van der Waals surface area contributed by atoms with Crippen LogP contribution in [0, 0.1) is 16.7 Å². The van der Waals surface area contributed by atoms with Crippen LogP contribution in [0.1, 0.15) is 33.1 Å². The number of amides is 2. The van der Waals surface area contributed by atoms with Crippen molar-refractivity contribution in [1.82, 2.24) is 10.2 Å². The van der Waals surface area contributed by atoms with Crippen molar-refractivity contribution in [2.45, 2.75) is 33.1 Å². The Kier molecular flexibility index (Phi) is 4.50. The number of nitrogens with zero attached hydrogens (tertiary/aromatic N) is 2. The van der Waals surface area contributed by atoms with Gasteiger partial charge in [-0.15, -0.1) is 0 Å². The molecule has 0 saturated carbocycles. The molecule has 5 heteroatoms. The summed E-state index contributed by atoms with van der Waals surface area (Å²) in [6.45, 7) is 5.50. The minimum atomic E-state index is -0.674. The van der Waals surface area contributed by atoms with E-state index in [-0.39, 0.29) is 6.54 Å². The lowest BCUT2D eigenvalue weighted by Gasteiger charge is -2.38. The average Bonchev–Trinajstić information content (AvgIpc) is 2.36. The lowest BCUT2D eigenvalue weighted by atomic mass is 9.78. The lowest BCUT2D eigenvalue weighted by molar-refractivity contribution is -0.147. The standard InChI is InChI=1S/C12H19N3O2/c1-3-12(2)4-8-15(9-5-12)11(17)10(16)14-7-6-13/h3-5,7-9H2,1-2H3,(H,14,16). The highest BCUT2D eigenvalue weighted by Crippen LogP contribution is 2.33. The predicted molar refractivity (Wildman–Crippen MR) is 62.8 cm³/mol. The Morgan fingerprint density at radius 2 is 2.00 bits per heavy atom. The first kappa shape index (κ1) is 13.5. The fraction of sp³-hybridized carbons (Fsp3) is 0.750. The van der Waals surface area contributed by atoms with Crippen LogP contribution in [-0.2, 0) is 9.59 Å². The fourth-order valence-electron chi connectivity index (χ4n) is 1.94. The van der Waals surface area contributed by atoms with Gasteiger partial charge in [-0.1, -0.05) is 20.3 Å². The highest BCUT2D eigenvalue weighted by molar-refractivity contribution is 6.35. The fourth-order valence-corrected chi connectivity index (χ4v) is 1.94. The monoisotopic (exact) mass is 237 g/mol. The molecule has 0 spiro atoms. The third-order valence-electron chi connectivity index (χ3n) is 3.63. The van der Waals surface area contributed by atoms with Crippen LogP contribution in [0.4, 0.5) is 0 Å². The van der Waals surface area contributed by atoms with E-state index in [2.05, 4.69) is 19.2 Å². The molecule has 1 aliphatic rings. The number of rotatable bonds is 2. The molecule has 5 nitrogen and oxygen atoms in total. The van der Waals surface area contributed by atoms with Gasteiger partial charge in [0, 0.05) is 13.1 Å². The summed E-state index contributed by atoms with van der Waals surface area (Å²) in [4.78, 5) is 24.7. The minimum absolute atomic E-state index is 0.120. The van der Waals surface area contributed by atoms with Gasteiger partial charge in [0.25, 0.3) is 0 Å². The van der Waals surface area contributed by atoms with Crippen LogP contribution in [0.15, 0.2) is 0 Å². The molecule has 94 valence electrons. The van der Waals surface area contributed by atoms with Crippen LogP contribution >= 0.6 is 0 Å². The Morgan fingerprint density at radius 3 is 2.47 bits per heavy atom. The third kappa shape index (κ3) is 3.45. The quantitative estimate of drug-likeness (QED) is 0.566. The number of hydrogen-bond acceptors (Lipinski definition) is 3. The van der Waals surface area contributed by atoms with Gasteiger partial charge < -0.3 is 10.2 Å². The van der Waals surface area contributed by atoms with Crippen LogP contribution in [0.25, 0.3) is 0 Å². The molecule has 0 aromatic rings. The first-order valence-corrected chi connectivity index (χ1v) is 5.96. The second-order valence-corrected chi connectivity index (χ2v) is 4.80. The molecule has 17 heavy (non-hydrogen) atoms. The van der Waals surface area contributed by atoms with Gasteiger partial charge in [0.1, 0.15) is 6.54 Å². The van der Waals surface area contributed by atoms with E-state index in [1.807, 2.05) is 0 Å². The zero-order chi connectivity index (χ0) is 12.9. The van der Waals surface area contributed by atoms with Crippen molar-refractivity contribution in [3.05, 3.63) is 0 Å². The topological polar surface area (TPSA) is 73.2 Å². The van der Waals surface area contributed by atoms with E-state index in [9.17, 15) is 9.59 Å². The second-order valence-electron chi connectivity index (χ2n) is 4.80. The molecule has 0 aromatic heterocycles. The largest absolute Gasteiger partial charge is 0.335 e. The summed E-state index contributed by atoms with van der Waals surface area (Å²) >= 11 is 0. The van der Waals surface area contributed by atoms with E-state index in [0.717, 1.165) is 19.3 Å². The van der Waals surface area contributed by atoms with Crippen molar-refractivity contribution in [1.29, 1.82) is 5.26 Å². The maximum Gasteiger partial charge on any atom is 0.311 e. The summed E-state index contributed by atoms with van der Waals surface area (Å²) in [5.41, 5.74) is 0.292. The zero-order valence-corrected chi connectivity index (χ0v) is 10.5. The van der Waals surface area contributed by atoms with Gasteiger partial charge in [-0.05, 0) is 18.3 Å². The van der Waals surface area contributed by atoms with Gasteiger partial charge in [0.2, 0.25) is 0 Å². The van der Waals surface area contributed by atoms with Crippen LogP contribution in [0.2, 0.25) is 0 Å². The maximum absolute atomic E-state index is 11.7. The van der Waals surface area contributed by atoms with Gasteiger partial charge in [-0.2, -0.15) is 5.26 Å². The zero-order valence-electron chi connectivity index (χ0n) is 10.5. The third-order valence-corrected chi connectivity index (χ3v) is 3.63. The van der Waals surface area contributed by atoms with Crippen LogP contribution in [0.5, 0.6) is 0 Å². The van der Waals surface area contributed by atoms with E-state index >= 15 is 0 Å². The van der Waals surface area contributed by atoms with Crippen LogP contribution in [-0.4, -0.2) is 36.3 Å². The summed E-state index contributed by atoms with van der Waals surface area (Å²) < 4.78 is 0. The molecule has 1 fully saturated rings. The molecule has 0 bridgehead atoms. The van der Waals surface area contributed by atoms with Crippen molar-refractivity contribution >= 4 is 11.8 Å². The molecule has 1 heterocycles. The molecule has 2 amide bonds. The Balaban J connectivity index is 2.46. The summed E-state index contributed by atoms with van der Waals surface area (Å²) in [6, 6.07) is 1.78. The number of nitriles is 1. The van der Waals surface area contributed by atoms with E-state index in [0.29, 0.717) is 18.5 Å². The number of piperidine rings is 1. The molecule has 0 radical (unpaired) electrons. The van der Waals surface area contributed by atoms with Crippen LogP contribution < -0.4 is 5.32 Å². The Bertz CT molecular complexity index is 338. The van der Waals surface area contributed by atoms with Crippen molar-refractivity contribution in [3.8, 4) is 6.07 Å². The van der Waals surface area contributed by atoms with E-state index < -0.39 is 11.8 Å². The number of likely N-dealkylation sites (tertiary alicyclic amines) is 1. The van der Waals surface area contributed by atoms with E-state index in [1.165, 1.54) is 0 Å². The molecule has 1 aliphatic heterocycles. The number of carbonyl (C=O) groups excluding carboxylic acids is 2. The lowest BCUT2D eigenvalue weighted by Crippen LogP contribution is -2.48. The average molecular weight is 237 g/mol. The molecule has 1 rings (SSSR count). The molecule has 1 saturated heterocycles. The van der Waals surface area contributed by atoms with Gasteiger partial charge in [-0.3, -0.25) is 9.59 Å². The molecule has 0 aromatic carbocycles. The molecular weight excluding hydrogens is 218 g/mol. The van der Waals surface area contributed by atoms with Crippen molar-refractivity contribution in [2.75, 3.05) is 19.6 Å². The Labute approximate surface area is 102 Å². The van der Waals surface area contributed by atoms with Gasteiger partial charge in [0.05, 0.1) is 6.07 Å². The summed E-state index contributed by atoms with van der Waals surface area (Å²) in [5.74, 6) is -1.19. The molecule has 0 unspecified atom stereocenters. The first-order valence-electron chi connectivity index (χ1n) is 5.96. The smallest absolute Gasteiger partial charge is 0.311 e. The Morgan fingerprint density at radius 1 is 1.41 bits per heavy atom. The number of nitrogens with one attached hydrogen (secondary N) is 1. The predicted octanol–water partition coefficient (Wildman–Crippen LogP) is 0.665. The van der Waals surface area contributed by atoms with E-state index in [1.54, 1.807) is 11.0 Å². The van der Waals surface area contributed by atoms with Crippen molar-refractivity contribution in [2.24, 2.45) is 5.41 Å². The van der Waals surface area contributed by atoms with E-state index in [4.69, 9.17) is 5.26 Å². The van der Waals surface area contributed by atoms with Crippen LogP contribution in [0.3, 0.4) is 0 Å². The number of hydrogen-bond donors (Lipinski definition) is 1. The summed E-state index contributed by atoms with van der Waals surface area (Å²) in [7, 11) is 0. The summed E-state index contributed by atoms with van der Waals surface area (Å²) in [6.07, 6.45) is 2.96. The maximum atomic E-state index is 11.7. The molecular formula is C12H19N3O2. The normalized spacial score (nSPS) is 18.3. The molecule has 0 aliphatic carbocycles. The van der Waals surface area contributed by atoms with Gasteiger partial charge in [0.15, 0.2) is 0 Å². The van der Waals surface area contributed by atoms with Crippen molar-refractivity contribution < 1.29 is 9.59 Å². The highest BCUT2D eigenvalue weighted by Gasteiger charge is 2.32. The Hall–Kier alpha value is -1.57. The number of carbonyl (C=O) groups is 2. The first-order chi connectivity index (χ1) is 8.02. The highest BCUT2D eigenvalue weighted by atomic mass is 16.2. The molecule has 0 atom stereocenters. The SMILES string of the molecule is CCC1(C)CCN(C(=O)C(=O)NCC#N)CC1. The molecule has 1 N–H and O–H groups in total. The van der Waals surface area contributed by atoms with Gasteiger partial charge in [-0.25, -0.2) is 0 Å². The summed E-state index contributed by atoms with van der Waals surface area (Å²) in [5, 5.41) is 10.6. The minimum Gasteiger partial charge on any atom is -0.335 e. The van der Waals surface area contributed by atoms with Gasteiger partial charge >= 0.3 is 11.8 Å².